The number of carbonyl (C=O) groups is 3. The minimum absolute atomic E-state index is 0.179. The van der Waals surface area contributed by atoms with E-state index < -0.39 is 24.1 Å². The molecule has 2 heterocycles. The summed E-state index contributed by atoms with van der Waals surface area (Å²) in [5.41, 5.74) is 1.70. The standard InChI is InChI=1S/C30H37ClN2O7/c1-30(2,3)17-33-22-10-9-19(31)15-21(22)26(20-7-6-8-23(38-4)27(20)39-5)40-24(28(33)35)16-25(34)32-13-11-18(12-14-32)29(36)37/h6-10,15,18,24,26H,11-14,16-17H2,1-5H3,(H,36,37). The number of anilines is 1. The maximum Gasteiger partial charge on any atom is 0.306 e. The van der Waals surface area contributed by atoms with Crippen LogP contribution in [0.3, 0.4) is 0 Å². The van der Waals surface area contributed by atoms with Crippen molar-refractivity contribution in [3.05, 3.63) is 52.5 Å². The molecule has 1 fully saturated rings. The van der Waals surface area contributed by atoms with E-state index in [1.807, 2.05) is 39.0 Å². The smallest absolute Gasteiger partial charge is 0.306 e. The maximum atomic E-state index is 14.1. The zero-order valence-electron chi connectivity index (χ0n) is 23.6. The third-order valence-corrected chi connectivity index (χ3v) is 7.55. The van der Waals surface area contributed by atoms with E-state index in [0.717, 1.165) is 0 Å². The quantitative estimate of drug-likeness (QED) is 0.501. The Labute approximate surface area is 239 Å². The second-order valence-electron chi connectivity index (χ2n) is 11.5. The van der Waals surface area contributed by atoms with Gasteiger partial charge in [-0.1, -0.05) is 44.5 Å². The molecule has 2 aromatic rings. The van der Waals surface area contributed by atoms with Crippen molar-refractivity contribution in [1.29, 1.82) is 0 Å². The van der Waals surface area contributed by atoms with E-state index in [1.165, 1.54) is 7.11 Å². The number of hydrogen-bond acceptors (Lipinski definition) is 6. The molecule has 40 heavy (non-hydrogen) atoms. The molecule has 2 aliphatic rings. The second-order valence-corrected chi connectivity index (χ2v) is 11.9. The Morgan fingerprint density at radius 2 is 1.77 bits per heavy atom. The molecule has 0 bridgehead atoms. The molecule has 2 unspecified atom stereocenters. The van der Waals surface area contributed by atoms with Crippen LogP contribution in [0.2, 0.25) is 5.02 Å². The molecule has 2 aliphatic heterocycles. The van der Waals surface area contributed by atoms with Gasteiger partial charge in [0.05, 0.1) is 26.6 Å². The Kier molecular flexibility index (Phi) is 8.95. The van der Waals surface area contributed by atoms with Crippen molar-refractivity contribution < 1.29 is 33.7 Å². The first-order valence-electron chi connectivity index (χ1n) is 13.4. The Hall–Kier alpha value is -3.30. The number of methoxy groups -OCH3 is 2. The first-order valence-corrected chi connectivity index (χ1v) is 13.8. The molecule has 2 atom stereocenters. The minimum atomic E-state index is -1.10. The van der Waals surface area contributed by atoms with Gasteiger partial charge in [-0.05, 0) is 42.5 Å². The number of benzene rings is 2. The molecule has 216 valence electrons. The molecule has 0 radical (unpaired) electrons. The minimum Gasteiger partial charge on any atom is -0.493 e. The van der Waals surface area contributed by atoms with E-state index in [1.54, 1.807) is 35.1 Å². The molecule has 1 saturated heterocycles. The highest BCUT2D eigenvalue weighted by Crippen LogP contribution is 2.45. The number of amides is 2. The van der Waals surface area contributed by atoms with E-state index >= 15 is 0 Å². The van der Waals surface area contributed by atoms with Crippen molar-refractivity contribution in [3.63, 3.8) is 0 Å². The first kappa shape index (κ1) is 29.7. The highest BCUT2D eigenvalue weighted by Gasteiger charge is 2.41. The van der Waals surface area contributed by atoms with Crippen LogP contribution in [0.5, 0.6) is 11.5 Å². The number of hydrogen-bond donors (Lipinski definition) is 1. The first-order chi connectivity index (χ1) is 18.9. The van der Waals surface area contributed by atoms with Gasteiger partial charge in [-0.3, -0.25) is 14.4 Å². The Morgan fingerprint density at radius 1 is 1.07 bits per heavy atom. The highest BCUT2D eigenvalue weighted by atomic mass is 35.5. The number of ether oxygens (including phenoxy) is 3. The number of carbonyl (C=O) groups excluding carboxylic acids is 2. The average Bonchev–Trinajstić information content (AvgIpc) is 3.02. The summed E-state index contributed by atoms with van der Waals surface area (Å²) in [4.78, 5) is 42.3. The van der Waals surface area contributed by atoms with Gasteiger partial charge in [-0.2, -0.15) is 0 Å². The fourth-order valence-corrected chi connectivity index (χ4v) is 5.55. The topological polar surface area (TPSA) is 106 Å². The van der Waals surface area contributed by atoms with Gasteiger partial charge in [0.1, 0.15) is 12.2 Å². The highest BCUT2D eigenvalue weighted by molar-refractivity contribution is 6.30. The Balaban J connectivity index is 1.77. The van der Waals surface area contributed by atoms with Gasteiger partial charge >= 0.3 is 5.97 Å². The number of carboxylic acids is 1. The zero-order valence-corrected chi connectivity index (χ0v) is 24.4. The summed E-state index contributed by atoms with van der Waals surface area (Å²) in [6, 6.07) is 10.8. The average molecular weight is 573 g/mol. The lowest BCUT2D eigenvalue weighted by Gasteiger charge is -2.33. The molecule has 0 aliphatic carbocycles. The van der Waals surface area contributed by atoms with Gasteiger partial charge in [0.2, 0.25) is 5.91 Å². The molecule has 9 nitrogen and oxygen atoms in total. The summed E-state index contributed by atoms with van der Waals surface area (Å²) >= 11 is 6.47. The maximum absolute atomic E-state index is 14.1. The third kappa shape index (κ3) is 6.36. The molecule has 0 spiro atoms. The van der Waals surface area contributed by atoms with Gasteiger partial charge in [-0.25, -0.2) is 0 Å². The van der Waals surface area contributed by atoms with Crippen LogP contribution in [-0.4, -0.2) is 67.7 Å². The fourth-order valence-electron chi connectivity index (χ4n) is 5.37. The van der Waals surface area contributed by atoms with Crippen molar-refractivity contribution >= 4 is 35.1 Å². The molecule has 4 rings (SSSR count). The SMILES string of the molecule is COc1cccc(C2OC(CC(=O)N3CCC(C(=O)O)CC3)C(=O)N(CC(C)(C)C)c3ccc(Cl)cc32)c1OC. The van der Waals surface area contributed by atoms with Crippen LogP contribution in [0.25, 0.3) is 0 Å². The van der Waals surface area contributed by atoms with Crippen molar-refractivity contribution in [2.45, 2.75) is 52.2 Å². The van der Waals surface area contributed by atoms with E-state index in [0.29, 0.717) is 65.8 Å². The number of aliphatic carboxylic acids is 1. The number of fused-ring (bicyclic) bond motifs is 1. The van der Waals surface area contributed by atoms with Crippen LogP contribution >= 0.6 is 11.6 Å². The Bertz CT molecular complexity index is 1270. The molecule has 2 aromatic carbocycles. The molecule has 0 saturated carbocycles. The second kappa shape index (κ2) is 12.1. The van der Waals surface area contributed by atoms with Crippen molar-refractivity contribution in [2.75, 3.05) is 38.8 Å². The van der Waals surface area contributed by atoms with Crippen LogP contribution in [0, 0.1) is 11.3 Å². The number of piperidine rings is 1. The van der Waals surface area contributed by atoms with E-state index in [-0.39, 0.29) is 23.7 Å². The van der Waals surface area contributed by atoms with Gasteiger partial charge in [0.25, 0.3) is 5.91 Å². The summed E-state index contributed by atoms with van der Waals surface area (Å²) in [7, 11) is 3.08. The van der Waals surface area contributed by atoms with Crippen molar-refractivity contribution in [3.8, 4) is 11.5 Å². The van der Waals surface area contributed by atoms with Crippen LogP contribution in [0.4, 0.5) is 5.69 Å². The predicted molar refractivity (Wildman–Crippen MR) is 151 cm³/mol. The number of para-hydroxylation sites is 1. The van der Waals surface area contributed by atoms with Crippen molar-refractivity contribution in [2.24, 2.45) is 11.3 Å². The predicted octanol–water partition coefficient (Wildman–Crippen LogP) is 4.94. The molecular formula is C30H37ClN2O7. The summed E-state index contributed by atoms with van der Waals surface area (Å²) in [6.07, 6.45) is -1.31. The van der Waals surface area contributed by atoms with Crippen LogP contribution in [0.15, 0.2) is 36.4 Å². The number of nitrogens with zero attached hydrogens (tertiary/aromatic N) is 2. The lowest BCUT2D eigenvalue weighted by Crippen LogP contribution is -2.47. The summed E-state index contributed by atoms with van der Waals surface area (Å²) in [5.74, 6) is -0.929. The van der Waals surface area contributed by atoms with Gasteiger partial charge < -0.3 is 29.1 Å². The summed E-state index contributed by atoms with van der Waals surface area (Å²) in [5, 5.41) is 9.81. The molecular weight excluding hydrogens is 536 g/mol. The largest absolute Gasteiger partial charge is 0.493 e. The lowest BCUT2D eigenvalue weighted by atomic mass is 9.94. The number of halogens is 1. The number of rotatable bonds is 7. The zero-order chi connectivity index (χ0) is 29.2. The molecule has 1 N–H and O–H groups in total. The van der Waals surface area contributed by atoms with Crippen molar-refractivity contribution in [1.82, 2.24) is 4.90 Å². The normalized spacial score (nSPS) is 20.1. The lowest BCUT2D eigenvalue weighted by molar-refractivity contribution is -0.148. The van der Waals surface area contributed by atoms with Gasteiger partial charge in [0, 0.05) is 41.5 Å². The van der Waals surface area contributed by atoms with Crippen LogP contribution in [-0.2, 0) is 19.1 Å². The fraction of sp³-hybridized carbons (Fsp3) is 0.500. The van der Waals surface area contributed by atoms with Gasteiger partial charge in [-0.15, -0.1) is 0 Å². The molecule has 10 heteroatoms. The third-order valence-electron chi connectivity index (χ3n) is 7.31. The van der Waals surface area contributed by atoms with E-state index in [9.17, 15) is 19.5 Å². The summed E-state index contributed by atoms with van der Waals surface area (Å²) < 4.78 is 17.8. The monoisotopic (exact) mass is 572 g/mol. The Morgan fingerprint density at radius 3 is 2.38 bits per heavy atom. The van der Waals surface area contributed by atoms with Gasteiger partial charge in [0.15, 0.2) is 11.5 Å². The van der Waals surface area contributed by atoms with Crippen LogP contribution in [0.1, 0.15) is 57.3 Å². The molecule has 2 amide bonds. The summed E-state index contributed by atoms with van der Waals surface area (Å²) in [6.45, 7) is 7.15. The van der Waals surface area contributed by atoms with E-state index in [4.69, 9.17) is 25.8 Å². The van der Waals surface area contributed by atoms with Crippen LogP contribution < -0.4 is 14.4 Å². The number of likely N-dealkylation sites (tertiary alicyclic amines) is 1. The van der Waals surface area contributed by atoms with E-state index in [2.05, 4.69) is 0 Å². The number of carboxylic acid groups (broad SMARTS) is 1. The molecule has 0 aromatic heterocycles.